The summed E-state index contributed by atoms with van der Waals surface area (Å²) in [4.78, 5) is 3.91. The molecular formula is C6H8N2O2S. The summed E-state index contributed by atoms with van der Waals surface area (Å²) in [6, 6.07) is 3.25. The Labute approximate surface area is 66.4 Å². The van der Waals surface area contributed by atoms with Crippen LogP contribution >= 0.6 is 0 Å². The van der Waals surface area contributed by atoms with Crippen LogP contribution in [0, 0.1) is 6.92 Å². The molecule has 0 saturated carbocycles. The van der Waals surface area contributed by atoms with Gasteiger partial charge in [0.1, 0.15) is 0 Å². The van der Waals surface area contributed by atoms with Gasteiger partial charge < -0.3 is 0 Å². The van der Waals surface area contributed by atoms with Crippen molar-refractivity contribution < 1.29 is 8.42 Å². The van der Waals surface area contributed by atoms with Gasteiger partial charge in [-0.3, -0.25) is 9.71 Å². The van der Waals surface area contributed by atoms with Crippen LogP contribution in [0.3, 0.4) is 0 Å². The number of nitrogens with zero attached hydrogens (tertiary/aromatic N) is 1. The van der Waals surface area contributed by atoms with E-state index < -0.39 is 10.9 Å². The smallest absolute Gasteiger partial charge is 0.222 e. The first kappa shape index (κ1) is 8.00. The quantitative estimate of drug-likeness (QED) is 0.632. The standard InChI is InChI=1S/C6H8N2O2S/c1-5-4-6(2-3-7-5)8-11(9)10/h2-4,11H,1H3,(H,7,8,9,10). The molecule has 0 aliphatic rings. The zero-order valence-electron chi connectivity index (χ0n) is 5.94. The van der Waals surface area contributed by atoms with Crippen molar-refractivity contribution in [3.63, 3.8) is 0 Å². The normalized spacial score (nSPS) is 10.0. The van der Waals surface area contributed by atoms with Crippen LogP contribution in [0.5, 0.6) is 0 Å². The zero-order valence-corrected chi connectivity index (χ0v) is 6.84. The van der Waals surface area contributed by atoms with E-state index in [1.165, 1.54) is 0 Å². The van der Waals surface area contributed by atoms with Gasteiger partial charge in [0.2, 0.25) is 10.9 Å². The third-order valence-corrected chi connectivity index (χ3v) is 1.56. The lowest BCUT2D eigenvalue weighted by molar-refractivity contribution is 0.619. The Hall–Kier alpha value is -1.10. The van der Waals surface area contributed by atoms with E-state index in [0.717, 1.165) is 5.69 Å². The first-order valence-corrected chi connectivity index (χ1v) is 4.20. The summed E-state index contributed by atoms with van der Waals surface area (Å²) in [6.07, 6.45) is 1.55. The average molecular weight is 172 g/mol. The first-order valence-electron chi connectivity index (χ1n) is 3.02. The lowest BCUT2D eigenvalue weighted by Gasteiger charge is -1.97. The fraction of sp³-hybridized carbons (Fsp3) is 0.167. The molecule has 11 heavy (non-hydrogen) atoms. The van der Waals surface area contributed by atoms with E-state index in [4.69, 9.17) is 0 Å². The van der Waals surface area contributed by atoms with E-state index >= 15 is 0 Å². The molecule has 0 unspecified atom stereocenters. The van der Waals surface area contributed by atoms with E-state index in [1.54, 1.807) is 25.3 Å². The van der Waals surface area contributed by atoms with E-state index in [0.29, 0.717) is 5.69 Å². The maximum Gasteiger partial charge on any atom is 0.222 e. The number of rotatable bonds is 2. The summed E-state index contributed by atoms with van der Waals surface area (Å²) in [5, 5.41) is 0. The van der Waals surface area contributed by atoms with Gasteiger partial charge in [-0.15, -0.1) is 0 Å². The second kappa shape index (κ2) is 3.34. The van der Waals surface area contributed by atoms with Gasteiger partial charge in [-0.1, -0.05) is 0 Å². The Morgan fingerprint density at radius 3 is 2.82 bits per heavy atom. The second-order valence-electron chi connectivity index (χ2n) is 2.05. The van der Waals surface area contributed by atoms with Gasteiger partial charge in [-0.2, -0.15) is 0 Å². The van der Waals surface area contributed by atoms with Crippen LogP contribution in [0.4, 0.5) is 5.69 Å². The molecule has 1 aromatic heterocycles. The van der Waals surface area contributed by atoms with Crippen molar-refractivity contribution in [2.24, 2.45) is 0 Å². The third-order valence-electron chi connectivity index (χ3n) is 1.12. The monoisotopic (exact) mass is 172 g/mol. The minimum Gasteiger partial charge on any atom is -0.286 e. The average Bonchev–Trinajstić information content (AvgIpc) is 1.85. The van der Waals surface area contributed by atoms with E-state index in [1.807, 2.05) is 0 Å². The van der Waals surface area contributed by atoms with E-state index in [2.05, 4.69) is 9.71 Å². The predicted octanol–water partition coefficient (Wildman–Crippen LogP) is 0.328. The van der Waals surface area contributed by atoms with Crippen molar-refractivity contribution in [3.05, 3.63) is 24.0 Å². The van der Waals surface area contributed by atoms with Crippen molar-refractivity contribution in [1.82, 2.24) is 4.98 Å². The minimum atomic E-state index is -2.57. The summed E-state index contributed by atoms with van der Waals surface area (Å²) in [6.45, 7) is 1.79. The summed E-state index contributed by atoms with van der Waals surface area (Å²) in [5.41, 5.74) is 1.33. The summed E-state index contributed by atoms with van der Waals surface area (Å²) in [5.74, 6) is 0. The van der Waals surface area contributed by atoms with Gasteiger partial charge in [0.15, 0.2) is 0 Å². The maximum absolute atomic E-state index is 10.2. The van der Waals surface area contributed by atoms with Crippen LogP contribution in [-0.4, -0.2) is 13.4 Å². The molecule has 4 nitrogen and oxygen atoms in total. The van der Waals surface area contributed by atoms with Gasteiger partial charge in [0.25, 0.3) is 0 Å². The van der Waals surface area contributed by atoms with Gasteiger partial charge in [0.05, 0.1) is 5.69 Å². The molecule has 0 aliphatic carbocycles. The van der Waals surface area contributed by atoms with Gasteiger partial charge >= 0.3 is 0 Å². The maximum atomic E-state index is 10.2. The Bertz CT molecular complexity index is 314. The van der Waals surface area contributed by atoms with Crippen LogP contribution in [0.25, 0.3) is 0 Å². The Kier molecular flexibility index (Phi) is 2.43. The Morgan fingerprint density at radius 2 is 2.27 bits per heavy atom. The number of hydrogen-bond donors (Lipinski definition) is 2. The number of aromatic nitrogens is 1. The number of thiol groups is 1. The number of anilines is 1. The molecule has 0 bridgehead atoms. The van der Waals surface area contributed by atoms with Crippen LogP contribution in [0.15, 0.2) is 18.3 Å². The molecule has 1 rings (SSSR count). The van der Waals surface area contributed by atoms with Gasteiger partial charge in [-0.25, -0.2) is 8.42 Å². The molecule has 5 heteroatoms. The van der Waals surface area contributed by atoms with Crippen LogP contribution in [-0.2, 0) is 10.9 Å². The van der Waals surface area contributed by atoms with Gasteiger partial charge in [0, 0.05) is 11.9 Å². The highest BCUT2D eigenvalue weighted by atomic mass is 32.2. The fourth-order valence-corrected chi connectivity index (χ4v) is 1.07. The molecule has 1 aromatic rings. The first-order chi connectivity index (χ1) is 5.18. The molecular weight excluding hydrogens is 164 g/mol. The Morgan fingerprint density at radius 1 is 1.55 bits per heavy atom. The summed E-state index contributed by atoms with van der Waals surface area (Å²) >= 11 is 0. The number of aryl methyl sites for hydroxylation is 1. The lowest BCUT2D eigenvalue weighted by atomic mass is 10.3. The number of hydrogen-bond acceptors (Lipinski definition) is 3. The van der Waals surface area contributed by atoms with Crippen molar-refractivity contribution in [2.45, 2.75) is 6.92 Å². The topological polar surface area (TPSA) is 59.1 Å². The highest BCUT2D eigenvalue weighted by Gasteiger charge is 1.91. The number of pyridine rings is 1. The van der Waals surface area contributed by atoms with Crippen molar-refractivity contribution in [3.8, 4) is 0 Å². The minimum absolute atomic E-state index is 0.550. The molecule has 0 radical (unpaired) electrons. The molecule has 0 aliphatic heterocycles. The molecule has 0 aromatic carbocycles. The predicted molar refractivity (Wildman–Crippen MR) is 42.9 cm³/mol. The molecule has 0 spiro atoms. The van der Waals surface area contributed by atoms with Crippen LogP contribution in [0.2, 0.25) is 0 Å². The molecule has 1 N–H and O–H groups in total. The highest BCUT2D eigenvalue weighted by Crippen LogP contribution is 2.05. The third kappa shape index (κ3) is 2.55. The highest BCUT2D eigenvalue weighted by molar-refractivity contribution is 7.73. The largest absolute Gasteiger partial charge is 0.286 e. The van der Waals surface area contributed by atoms with E-state index in [-0.39, 0.29) is 0 Å². The molecule has 60 valence electrons. The Balaban J connectivity index is 2.87. The number of nitrogens with one attached hydrogen (secondary N) is 1. The van der Waals surface area contributed by atoms with Crippen LogP contribution < -0.4 is 4.72 Å². The SMILES string of the molecule is Cc1cc(N[SH](=O)=O)ccn1. The van der Waals surface area contributed by atoms with Crippen molar-refractivity contribution >= 4 is 16.6 Å². The summed E-state index contributed by atoms with van der Waals surface area (Å²) in [7, 11) is -2.57. The molecule has 0 atom stereocenters. The molecule has 0 saturated heterocycles. The van der Waals surface area contributed by atoms with Crippen molar-refractivity contribution in [2.75, 3.05) is 4.72 Å². The molecule has 0 amide bonds. The van der Waals surface area contributed by atoms with E-state index in [9.17, 15) is 8.42 Å². The lowest BCUT2D eigenvalue weighted by Crippen LogP contribution is -1.95. The molecule has 1 heterocycles. The zero-order chi connectivity index (χ0) is 8.27. The van der Waals surface area contributed by atoms with Gasteiger partial charge in [-0.05, 0) is 19.1 Å². The summed E-state index contributed by atoms with van der Waals surface area (Å²) < 4.78 is 22.6. The second-order valence-corrected chi connectivity index (χ2v) is 2.79. The van der Waals surface area contributed by atoms with Crippen molar-refractivity contribution in [1.29, 1.82) is 0 Å². The fourth-order valence-electron chi connectivity index (χ4n) is 0.721. The van der Waals surface area contributed by atoms with Crippen LogP contribution in [0.1, 0.15) is 5.69 Å². The molecule has 0 fully saturated rings.